The van der Waals surface area contributed by atoms with Gasteiger partial charge in [0.25, 0.3) is 5.91 Å². The van der Waals surface area contributed by atoms with Crippen LogP contribution in [0.5, 0.6) is 0 Å². The highest BCUT2D eigenvalue weighted by Gasteiger charge is 2.08. The number of carbonyl (C=O) groups is 3. The number of carbonyl (C=O) groups excluding carboxylic acids is 2. The average Bonchev–Trinajstić information content (AvgIpc) is 2.65. The lowest BCUT2D eigenvalue weighted by Crippen LogP contribution is -2.25. The maximum absolute atomic E-state index is 13.1. The zero-order chi connectivity index (χ0) is 20.5. The molecule has 2 amide bonds. The molecule has 0 radical (unpaired) electrons. The van der Waals surface area contributed by atoms with Gasteiger partial charge in [-0.25, -0.2) is 8.78 Å². The van der Waals surface area contributed by atoms with Crippen molar-refractivity contribution in [1.82, 2.24) is 5.32 Å². The molecule has 0 saturated carbocycles. The zero-order valence-electron chi connectivity index (χ0n) is 15.0. The predicted octanol–water partition coefficient (Wildman–Crippen LogP) is 3.13. The summed E-state index contributed by atoms with van der Waals surface area (Å²) in [5, 5.41) is 13.7. The summed E-state index contributed by atoms with van der Waals surface area (Å²) < 4.78 is 26.0. The van der Waals surface area contributed by atoms with Gasteiger partial charge in [0.15, 0.2) is 11.6 Å². The molecule has 0 aliphatic carbocycles. The van der Waals surface area contributed by atoms with E-state index in [0.29, 0.717) is 29.7 Å². The van der Waals surface area contributed by atoms with Crippen LogP contribution in [-0.4, -0.2) is 29.4 Å². The Kier molecular flexibility index (Phi) is 7.62. The number of aryl methyl sites for hydroxylation is 1. The molecule has 0 aliphatic rings. The fourth-order valence-electron chi connectivity index (χ4n) is 2.46. The maximum atomic E-state index is 13.1. The Morgan fingerprint density at radius 1 is 0.929 bits per heavy atom. The lowest BCUT2D eigenvalue weighted by Gasteiger charge is -2.07. The van der Waals surface area contributed by atoms with Crippen molar-refractivity contribution >= 4 is 23.5 Å². The summed E-state index contributed by atoms with van der Waals surface area (Å²) in [6, 6.07) is 9.84. The fourth-order valence-corrected chi connectivity index (χ4v) is 2.46. The van der Waals surface area contributed by atoms with Gasteiger partial charge < -0.3 is 15.7 Å². The number of hydrogen-bond acceptors (Lipinski definition) is 3. The number of benzene rings is 2. The normalized spacial score (nSPS) is 10.4. The molecule has 0 unspecified atom stereocenters. The molecule has 0 fully saturated rings. The lowest BCUT2D eigenvalue weighted by molar-refractivity contribution is -0.136. The Bertz CT molecular complexity index is 854. The third-order valence-electron chi connectivity index (χ3n) is 3.91. The van der Waals surface area contributed by atoms with Gasteiger partial charge in [-0.2, -0.15) is 0 Å². The number of nitrogens with one attached hydrogen (secondary N) is 2. The molecular formula is C20H20F2N2O4. The van der Waals surface area contributed by atoms with Crippen LogP contribution in [-0.2, 0) is 16.0 Å². The average molecular weight is 390 g/mol. The van der Waals surface area contributed by atoms with Crippen LogP contribution in [0.15, 0.2) is 42.5 Å². The lowest BCUT2D eigenvalue weighted by atomic mass is 10.1. The van der Waals surface area contributed by atoms with Crippen molar-refractivity contribution in [2.75, 3.05) is 11.9 Å². The Morgan fingerprint density at radius 3 is 2.29 bits per heavy atom. The molecular weight excluding hydrogens is 370 g/mol. The topological polar surface area (TPSA) is 95.5 Å². The Balaban J connectivity index is 1.76. The summed E-state index contributed by atoms with van der Waals surface area (Å²) >= 11 is 0. The number of anilines is 1. The van der Waals surface area contributed by atoms with Crippen molar-refractivity contribution in [2.45, 2.75) is 25.7 Å². The van der Waals surface area contributed by atoms with Gasteiger partial charge in [0.05, 0.1) is 6.42 Å². The number of carboxylic acids is 1. The molecule has 0 spiro atoms. The van der Waals surface area contributed by atoms with Crippen LogP contribution in [0, 0.1) is 11.6 Å². The molecule has 0 saturated heterocycles. The second-order valence-corrected chi connectivity index (χ2v) is 6.13. The minimum absolute atomic E-state index is 0.0324. The summed E-state index contributed by atoms with van der Waals surface area (Å²) in [6.07, 6.45) is 0.960. The van der Waals surface area contributed by atoms with Gasteiger partial charge in [-0.05, 0) is 54.8 Å². The van der Waals surface area contributed by atoms with Gasteiger partial charge >= 0.3 is 5.97 Å². The minimum atomic E-state index is -0.997. The summed E-state index contributed by atoms with van der Waals surface area (Å²) in [7, 11) is 0. The van der Waals surface area contributed by atoms with Crippen LogP contribution in [0.3, 0.4) is 0 Å². The highest BCUT2D eigenvalue weighted by molar-refractivity contribution is 5.95. The first kappa shape index (κ1) is 21.0. The molecule has 0 heterocycles. The molecule has 2 aromatic carbocycles. The summed E-state index contributed by atoms with van der Waals surface area (Å²) in [5.74, 6) is -3.44. The van der Waals surface area contributed by atoms with E-state index in [1.54, 1.807) is 12.1 Å². The number of aliphatic carboxylic acids is 1. The molecule has 3 N–H and O–H groups in total. The van der Waals surface area contributed by atoms with Gasteiger partial charge in [-0.15, -0.1) is 0 Å². The Morgan fingerprint density at radius 2 is 1.64 bits per heavy atom. The third kappa shape index (κ3) is 6.79. The van der Waals surface area contributed by atoms with Gasteiger partial charge in [0.2, 0.25) is 5.91 Å². The molecule has 0 aromatic heterocycles. The smallest absolute Gasteiger partial charge is 0.305 e. The minimum Gasteiger partial charge on any atom is -0.481 e. The van der Waals surface area contributed by atoms with Crippen LogP contribution < -0.4 is 10.6 Å². The third-order valence-corrected chi connectivity index (χ3v) is 3.91. The molecule has 148 valence electrons. The quantitative estimate of drug-likeness (QED) is 0.613. The molecule has 28 heavy (non-hydrogen) atoms. The van der Waals surface area contributed by atoms with E-state index in [2.05, 4.69) is 10.6 Å². The summed E-state index contributed by atoms with van der Waals surface area (Å²) in [5.41, 5.74) is 1.48. The standard InChI is InChI=1S/C20H20F2N2O4/c21-16-9-4-13(12-17(16)22)2-1-3-18(25)24-15-7-5-14(6-8-15)20(28)23-11-10-19(26)27/h4-9,12H,1-3,10-11H2,(H,23,28)(H,24,25)(H,26,27). The van der Waals surface area contributed by atoms with Crippen molar-refractivity contribution in [3.63, 3.8) is 0 Å². The first-order valence-electron chi connectivity index (χ1n) is 8.69. The molecule has 2 rings (SSSR count). The number of rotatable bonds is 9. The highest BCUT2D eigenvalue weighted by atomic mass is 19.2. The number of halogens is 2. The number of hydrogen-bond donors (Lipinski definition) is 3. The van der Waals surface area contributed by atoms with Crippen molar-refractivity contribution in [3.05, 3.63) is 65.2 Å². The molecule has 8 heteroatoms. The molecule has 2 aromatic rings. The summed E-state index contributed by atoms with van der Waals surface area (Å²) in [4.78, 5) is 34.2. The maximum Gasteiger partial charge on any atom is 0.305 e. The van der Waals surface area contributed by atoms with Gasteiger partial charge in [-0.1, -0.05) is 6.07 Å². The number of carboxylic acid groups (broad SMARTS) is 1. The number of amides is 2. The van der Waals surface area contributed by atoms with E-state index in [1.807, 2.05) is 0 Å². The second kappa shape index (κ2) is 10.1. The Labute approximate surface area is 160 Å². The van der Waals surface area contributed by atoms with Gasteiger partial charge in [0, 0.05) is 24.2 Å². The van der Waals surface area contributed by atoms with Crippen molar-refractivity contribution in [2.24, 2.45) is 0 Å². The Hall–Kier alpha value is -3.29. The van der Waals surface area contributed by atoms with Gasteiger partial charge in [-0.3, -0.25) is 14.4 Å². The van der Waals surface area contributed by atoms with E-state index in [0.717, 1.165) is 12.1 Å². The van der Waals surface area contributed by atoms with Crippen molar-refractivity contribution in [1.29, 1.82) is 0 Å². The van der Waals surface area contributed by atoms with E-state index in [4.69, 9.17) is 5.11 Å². The van der Waals surface area contributed by atoms with E-state index >= 15 is 0 Å². The zero-order valence-corrected chi connectivity index (χ0v) is 15.0. The molecule has 0 bridgehead atoms. The van der Waals surface area contributed by atoms with Crippen molar-refractivity contribution < 1.29 is 28.3 Å². The molecule has 0 aliphatic heterocycles. The molecule has 0 atom stereocenters. The second-order valence-electron chi connectivity index (χ2n) is 6.13. The van der Waals surface area contributed by atoms with E-state index < -0.39 is 23.5 Å². The first-order valence-corrected chi connectivity index (χ1v) is 8.69. The van der Waals surface area contributed by atoms with Crippen LogP contribution in [0.25, 0.3) is 0 Å². The van der Waals surface area contributed by atoms with E-state index in [1.165, 1.54) is 18.2 Å². The fraction of sp³-hybridized carbons (Fsp3) is 0.250. The van der Waals surface area contributed by atoms with Crippen LogP contribution in [0.4, 0.5) is 14.5 Å². The van der Waals surface area contributed by atoms with E-state index in [9.17, 15) is 23.2 Å². The van der Waals surface area contributed by atoms with E-state index in [-0.39, 0.29) is 25.3 Å². The predicted molar refractivity (Wildman–Crippen MR) is 99.0 cm³/mol. The van der Waals surface area contributed by atoms with Crippen LogP contribution in [0.1, 0.15) is 35.2 Å². The van der Waals surface area contributed by atoms with Crippen LogP contribution in [0.2, 0.25) is 0 Å². The first-order chi connectivity index (χ1) is 13.3. The summed E-state index contributed by atoms with van der Waals surface area (Å²) in [6.45, 7) is 0.0324. The van der Waals surface area contributed by atoms with Gasteiger partial charge in [0.1, 0.15) is 0 Å². The largest absolute Gasteiger partial charge is 0.481 e. The van der Waals surface area contributed by atoms with Crippen LogP contribution >= 0.6 is 0 Å². The highest BCUT2D eigenvalue weighted by Crippen LogP contribution is 2.13. The van der Waals surface area contributed by atoms with Crippen molar-refractivity contribution in [3.8, 4) is 0 Å². The molecule has 6 nitrogen and oxygen atoms in total. The SMILES string of the molecule is O=C(O)CCNC(=O)c1ccc(NC(=O)CCCc2ccc(F)c(F)c2)cc1. The monoisotopic (exact) mass is 390 g/mol.